The number of ether oxygens (including phenoxy) is 1. The van der Waals surface area contributed by atoms with Gasteiger partial charge in [-0.1, -0.05) is 70.5 Å². The molecule has 0 fully saturated rings. The van der Waals surface area contributed by atoms with E-state index in [-0.39, 0.29) is 0 Å². The van der Waals surface area contributed by atoms with Crippen molar-refractivity contribution in [3.05, 3.63) is 71.8 Å². The number of halogens is 1. The Hall–Kier alpha value is -1.54. The molecule has 0 heterocycles. The van der Waals surface area contributed by atoms with Gasteiger partial charge in [0.25, 0.3) is 0 Å². The molecule has 0 bridgehead atoms. The lowest BCUT2D eigenvalue weighted by Gasteiger charge is -2.04. The molecule has 0 amide bonds. The molecule has 0 N–H and O–H groups in total. The zero-order chi connectivity index (χ0) is 15.5. The second-order valence-corrected chi connectivity index (χ2v) is 6.03. The minimum atomic E-state index is 0.764. The highest BCUT2D eigenvalue weighted by atomic mass is 79.9. The molecule has 2 aromatic carbocycles. The molecular weight excluding hydrogens is 336 g/mol. The van der Waals surface area contributed by atoms with Gasteiger partial charge in [0.15, 0.2) is 0 Å². The monoisotopic (exact) mass is 358 g/mol. The number of hydrogen-bond donors (Lipinski definition) is 0. The van der Waals surface area contributed by atoms with Crippen LogP contribution in [0, 0.1) is 0 Å². The van der Waals surface area contributed by atoms with E-state index < -0.39 is 0 Å². The highest BCUT2D eigenvalue weighted by Crippen LogP contribution is 2.11. The van der Waals surface area contributed by atoms with Crippen LogP contribution in [0.3, 0.4) is 0 Å². The molecule has 0 unspecified atom stereocenters. The van der Waals surface area contributed by atoms with E-state index in [0.29, 0.717) is 0 Å². The summed E-state index contributed by atoms with van der Waals surface area (Å²) in [5, 5.41) is 1.07. The van der Waals surface area contributed by atoms with Crippen LogP contribution in [0.2, 0.25) is 0 Å². The number of hydrogen-bond acceptors (Lipinski definition) is 1. The number of aryl methyl sites for hydroxylation is 1. The van der Waals surface area contributed by atoms with E-state index in [1.807, 2.05) is 30.3 Å². The number of rotatable bonds is 9. The minimum absolute atomic E-state index is 0.764. The second-order valence-electron chi connectivity index (χ2n) is 5.24. The van der Waals surface area contributed by atoms with Crippen molar-refractivity contribution in [3.63, 3.8) is 0 Å². The smallest absolute Gasteiger partial charge is 0.119 e. The van der Waals surface area contributed by atoms with Crippen molar-refractivity contribution >= 4 is 22.0 Å². The summed E-state index contributed by atoms with van der Waals surface area (Å²) in [5.74, 6) is 0.950. The molecule has 0 spiro atoms. The second kappa shape index (κ2) is 10.2. The van der Waals surface area contributed by atoms with E-state index in [2.05, 4.69) is 52.3 Å². The van der Waals surface area contributed by atoms with E-state index >= 15 is 0 Å². The van der Waals surface area contributed by atoms with Crippen molar-refractivity contribution in [2.24, 2.45) is 0 Å². The van der Waals surface area contributed by atoms with Crippen LogP contribution in [0.15, 0.2) is 60.7 Å². The van der Waals surface area contributed by atoms with Crippen LogP contribution < -0.4 is 4.74 Å². The van der Waals surface area contributed by atoms with E-state index in [0.717, 1.165) is 36.9 Å². The van der Waals surface area contributed by atoms with Gasteiger partial charge in [0.05, 0.1) is 6.61 Å². The van der Waals surface area contributed by atoms with E-state index in [1.54, 1.807) is 0 Å². The van der Waals surface area contributed by atoms with Crippen molar-refractivity contribution in [1.82, 2.24) is 0 Å². The zero-order valence-corrected chi connectivity index (χ0v) is 14.5. The summed E-state index contributed by atoms with van der Waals surface area (Å²) in [4.78, 5) is 0. The summed E-state index contributed by atoms with van der Waals surface area (Å²) < 4.78 is 5.67. The molecule has 0 aromatic heterocycles. The first-order valence-electron chi connectivity index (χ1n) is 7.88. The first-order valence-corrected chi connectivity index (χ1v) is 9.00. The first-order chi connectivity index (χ1) is 10.9. The lowest BCUT2D eigenvalue weighted by molar-refractivity contribution is 0.312. The Labute approximate surface area is 142 Å². The average molecular weight is 359 g/mol. The van der Waals surface area contributed by atoms with Crippen molar-refractivity contribution < 1.29 is 4.74 Å². The van der Waals surface area contributed by atoms with Gasteiger partial charge in [-0.15, -0.1) is 0 Å². The molecule has 2 aromatic rings. The maximum atomic E-state index is 5.67. The summed E-state index contributed by atoms with van der Waals surface area (Å²) in [6, 6.07) is 18.8. The number of unbranched alkanes of at least 4 members (excludes halogenated alkanes) is 1. The Morgan fingerprint density at radius 3 is 2.41 bits per heavy atom. The Balaban J connectivity index is 1.65. The van der Waals surface area contributed by atoms with Gasteiger partial charge in [0.2, 0.25) is 0 Å². The maximum Gasteiger partial charge on any atom is 0.119 e. The van der Waals surface area contributed by atoms with Gasteiger partial charge in [0, 0.05) is 5.33 Å². The topological polar surface area (TPSA) is 9.23 Å². The van der Waals surface area contributed by atoms with Crippen LogP contribution in [-0.2, 0) is 6.42 Å². The Kier molecular flexibility index (Phi) is 7.82. The number of allylic oxidation sites excluding steroid dienone is 1. The fraction of sp³-hybridized carbons (Fsp3) is 0.300. The number of benzene rings is 2. The number of para-hydroxylation sites is 1. The molecule has 2 rings (SSSR count). The molecule has 0 aliphatic heterocycles. The van der Waals surface area contributed by atoms with Crippen molar-refractivity contribution in [1.29, 1.82) is 0 Å². The van der Waals surface area contributed by atoms with Gasteiger partial charge < -0.3 is 4.74 Å². The third-order valence-electron chi connectivity index (χ3n) is 3.42. The summed E-state index contributed by atoms with van der Waals surface area (Å²) >= 11 is 3.47. The van der Waals surface area contributed by atoms with Crippen molar-refractivity contribution in [2.75, 3.05) is 11.9 Å². The van der Waals surface area contributed by atoms with Crippen LogP contribution in [0.1, 0.15) is 30.4 Å². The fourth-order valence-electron chi connectivity index (χ4n) is 2.19. The van der Waals surface area contributed by atoms with Crippen LogP contribution in [-0.4, -0.2) is 11.9 Å². The molecule has 1 nitrogen and oxygen atoms in total. The quantitative estimate of drug-likeness (QED) is 0.401. The molecule has 0 saturated heterocycles. The zero-order valence-electron chi connectivity index (χ0n) is 12.9. The molecule has 0 aliphatic rings. The van der Waals surface area contributed by atoms with Gasteiger partial charge in [-0.2, -0.15) is 0 Å². The summed E-state index contributed by atoms with van der Waals surface area (Å²) in [6.45, 7) is 0.764. The molecule has 116 valence electrons. The number of alkyl halides is 1. The first kappa shape index (κ1) is 16.8. The maximum absolute atomic E-state index is 5.67. The summed E-state index contributed by atoms with van der Waals surface area (Å²) in [6.07, 6.45) is 8.83. The lowest BCUT2D eigenvalue weighted by atomic mass is 10.1. The highest BCUT2D eigenvalue weighted by Gasteiger charge is 1.93. The molecule has 0 atom stereocenters. The molecule has 0 aliphatic carbocycles. The third kappa shape index (κ3) is 6.48. The Morgan fingerprint density at radius 2 is 1.68 bits per heavy atom. The van der Waals surface area contributed by atoms with Gasteiger partial charge in [-0.05, 0) is 48.9 Å². The summed E-state index contributed by atoms with van der Waals surface area (Å²) in [5.41, 5.74) is 2.68. The van der Waals surface area contributed by atoms with E-state index in [4.69, 9.17) is 4.74 Å². The van der Waals surface area contributed by atoms with Crippen LogP contribution in [0.4, 0.5) is 0 Å². The SMILES string of the molecule is BrCCCc1ccc(/C=C/CCCOc2ccccc2)cc1. The van der Waals surface area contributed by atoms with Gasteiger partial charge in [0.1, 0.15) is 5.75 Å². The Bertz CT molecular complexity index is 546. The molecule has 22 heavy (non-hydrogen) atoms. The largest absolute Gasteiger partial charge is 0.494 e. The fourth-order valence-corrected chi connectivity index (χ4v) is 2.47. The van der Waals surface area contributed by atoms with Gasteiger partial charge in [-0.3, -0.25) is 0 Å². The normalized spacial score (nSPS) is 11.0. The molecule has 0 radical (unpaired) electrons. The van der Waals surface area contributed by atoms with Gasteiger partial charge in [-0.25, -0.2) is 0 Å². The predicted molar refractivity (Wildman–Crippen MR) is 98.8 cm³/mol. The van der Waals surface area contributed by atoms with E-state index in [9.17, 15) is 0 Å². The molecule has 0 saturated carbocycles. The van der Waals surface area contributed by atoms with Crippen LogP contribution >= 0.6 is 15.9 Å². The summed E-state index contributed by atoms with van der Waals surface area (Å²) in [7, 11) is 0. The Morgan fingerprint density at radius 1 is 0.909 bits per heavy atom. The van der Waals surface area contributed by atoms with Crippen molar-refractivity contribution in [3.8, 4) is 5.75 Å². The van der Waals surface area contributed by atoms with E-state index in [1.165, 1.54) is 17.5 Å². The van der Waals surface area contributed by atoms with Crippen LogP contribution in [0.25, 0.3) is 6.08 Å². The van der Waals surface area contributed by atoms with Crippen LogP contribution in [0.5, 0.6) is 5.75 Å². The average Bonchev–Trinajstić information content (AvgIpc) is 2.58. The van der Waals surface area contributed by atoms with Gasteiger partial charge >= 0.3 is 0 Å². The molecule has 2 heteroatoms. The standard InChI is InChI=1S/C20H23BrO/c21-16-7-9-19-14-12-18(13-15-19)8-3-2-6-17-22-20-10-4-1-5-11-20/h1,3-5,8,10-15H,2,6-7,9,16-17H2/b8-3+. The minimum Gasteiger partial charge on any atom is -0.494 e. The highest BCUT2D eigenvalue weighted by molar-refractivity contribution is 9.09. The predicted octanol–water partition coefficient (Wildman–Crippen LogP) is 5.89. The molecular formula is C20H23BrO. The van der Waals surface area contributed by atoms with Crippen molar-refractivity contribution in [2.45, 2.75) is 25.7 Å². The third-order valence-corrected chi connectivity index (χ3v) is 3.98. The lowest BCUT2D eigenvalue weighted by Crippen LogP contribution is -1.95.